The Labute approximate surface area is 172 Å². The highest BCUT2D eigenvalue weighted by molar-refractivity contribution is 6.31. The molecule has 2 fully saturated rings. The van der Waals surface area contributed by atoms with Crippen LogP contribution in [0.3, 0.4) is 0 Å². The highest BCUT2D eigenvalue weighted by Crippen LogP contribution is 2.37. The van der Waals surface area contributed by atoms with E-state index in [0.717, 1.165) is 48.5 Å². The third kappa shape index (κ3) is 3.82. The minimum absolute atomic E-state index is 0.269. The quantitative estimate of drug-likeness (QED) is 0.525. The van der Waals surface area contributed by atoms with E-state index >= 15 is 0 Å². The summed E-state index contributed by atoms with van der Waals surface area (Å²) < 4.78 is 37.8. The number of hydrogen-bond donors (Lipinski definition) is 3. The smallest absolute Gasteiger partial charge is 0.475 e. The molecule has 0 aliphatic carbocycles. The van der Waals surface area contributed by atoms with Gasteiger partial charge < -0.3 is 25.5 Å². The number of rotatable bonds is 1. The second-order valence-electron chi connectivity index (χ2n) is 7.21. The molecule has 2 saturated heterocycles. The maximum Gasteiger partial charge on any atom is 0.490 e. The van der Waals surface area contributed by atoms with Crippen LogP contribution in [0.1, 0.15) is 0 Å². The van der Waals surface area contributed by atoms with Crippen LogP contribution in [0.5, 0.6) is 0 Å². The van der Waals surface area contributed by atoms with Crippen molar-refractivity contribution in [2.24, 2.45) is 11.8 Å². The van der Waals surface area contributed by atoms with E-state index in [1.54, 1.807) is 0 Å². The molecule has 4 N–H and O–H groups in total. The van der Waals surface area contributed by atoms with E-state index in [2.05, 4.69) is 20.2 Å². The number of hydrogen-bond acceptors (Lipinski definition) is 7. The molecule has 0 amide bonds. The second kappa shape index (κ2) is 7.47. The van der Waals surface area contributed by atoms with Gasteiger partial charge in [0.1, 0.15) is 11.1 Å². The average Bonchev–Trinajstić information content (AvgIpc) is 3.34. The van der Waals surface area contributed by atoms with Gasteiger partial charge in [0.2, 0.25) is 5.95 Å². The van der Waals surface area contributed by atoms with Gasteiger partial charge in [0.15, 0.2) is 11.4 Å². The second-order valence-corrected chi connectivity index (χ2v) is 7.65. The van der Waals surface area contributed by atoms with Gasteiger partial charge in [-0.1, -0.05) is 11.6 Å². The van der Waals surface area contributed by atoms with Gasteiger partial charge in [-0.25, -0.2) is 9.78 Å². The molecule has 0 spiro atoms. The van der Waals surface area contributed by atoms with Crippen LogP contribution in [-0.2, 0) is 4.79 Å². The van der Waals surface area contributed by atoms with Crippen LogP contribution < -0.4 is 16.0 Å². The zero-order valence-corrected chi connectivity index (χ0v) is 16.2. The Morgan fingerprint density at radius 1 is 1.27 bits per heavy atom. The van der Waals surface area contributed by atoms with Crippen LogP contribution in [-0.4, -0.2) is 53.4 Å². The van der Waals surface area contributed by atoms with Gasteiger partial charge in [-0.15, -0.1) is 0 Å². The van der Waals surface area contributed by atoms with Gasteiger partial charge >= 0.3 is 12.1 Å². The summed E-state index contributed by atoms with van der Waals surface area (Å²) in [5.41, 5.74) is 8.15. The number of nitrogens with two attached hydrogens (primary N) is 1. The first kappa shape index (κ1) is 20.5. The van der Waals surface area contributed by atoms with E-state index in [1.165, 1.54) is 0 Å². The number of carbonyl (C=O) groups is 1. The molecule has 30 heavy (non-hydrogen) atoms. The minimum atomic E-state index is -5.08. The molecule has 0 saturated carbocycles. The number of carboxylic acids is 1. The molecule has 2 atom stereocenters. The summed E-state index contributed by atoms with van der Waals surface area (Å²) in [6, 6.07) is 5.54. The molecule has 2 aliphatic rings. The summed E-state index contributed by atoms with van der Waals surface area (Å²) in [4.78, 5) is 20.0. The maximum absolute atomic E-state index is 10.6. The highest BCUT2D eigenvalue weighted by atomic mass is 35.5. The third-order valence-corrected chi connectivity index (χ3v) is 5.44. The first-order chi connectivity index (χ1) is 14.1. The fourth-order valence-corrected chi connectivity index (χ4v) is 4.03. The third-order valence-electron chi connectivity index (χ3n) is 5.21. The zero-order valence-electron chi connectivity index (χ0n) is 15.4. The number of furan rings is 1. The maximum atomic E-state index is 10.6. The van der Waals surface area contributed by atoms with Crippen LogP contribution in [0.25, 0.3) is 22.1 Å². The van der Waals surface area contributed by atoms with Crippen LogP contribution in [0.15, 0.2) is 22.6 Å². The molecule has 160 valence electrons. The van der Waals surface area contributed by atoms with E-state index < -0.39 is 12.1 Å². The van der Waals surface area contributed by atoms with Gasteiger partial charge in [-0.3, -0.25) is 0 Å². The molecule has 3 aromatic rings. The van der Waals surface area contributed by atoms with Crippen molar-refractivity contribution in [2.45, 2.75) is 6.18 Å². The fraction of sp³-hybridized carbons (Fsp3) is 0.389. The molecule has 4 heterocycles. The molecule has 5 rings (SSSR count). The summed E-state index contributed by atoms with van der Waals surface area (Å²) in [7, 11) is 0. The number of nitrogens with zero attached hydrogens (tertiary/aromatic N) is 3. The number of halogens is 4. The molecule has 8 nitrogen and oxygen atoms in total. The SMILES string of the molecule is Nc1nc(N2CC3CNCC3C2)c2oc3ccc(Cl)cc3c2n1.O=C(O)C(F)(F)F. The van der Waals surface area contributed by atoms with Gasteiger partial charge in [0, 0.05) is 36.6 Å². The van der Waals surface area contributed by atoms with Crippen molar-refractivity contribution < 1.29 is 27.5 Å². The van der Waals surface area contributed by atoms with Gasteiger partial charge in [0.25, 0.3) is 0 Å². The fourth-order valence-electron chi connectivity index (χ4n) is 3.86. The molecule has 0 radical (unpaired) electrons. The number of carboxylic acid groups (broad SMARTS) is 1. The lowest BCUT2D eigenvalue weighted by atomic mass is 10.0. The van der Waals surface area contributed by atoms with Crippen LogP contribution in [0.2, 0.25) is 5.02 Å². The first-order valence-corrected chi connectivity index (χ1v) is 9.42. The van der Waals surface area contributed by atoms with Crippen LogP contribution in [0.4, 0.5) is 24.9 Å². The van der Waals surface area contributed by atoms with Gasteiger partial charge in [-0.05, 0) is 30.0 Å². The standard InChI is InChI=1S/C16H16ClN5O.C2HF3O2/c17-10-1-2-12-11(3-10)13-14(23-12)15(21-16(18)20-13)22-6-8-4-19-5-9(8)7-22;3-2(4,5)1(6)7/h1-3,8-9,19H,4-7H2,(H2,18,20,21);(H,6,7). The first-order valence-electron chi connectivity index (χ1n) is 9.04. The van der Waals surface area contributed by atoms with E-state index in [1.807, 2.05) is 18.2 Å². The summed E-state index contributed by atoms with van der Waals surface area (Å²) >= 11 is 6.11. The summed E-state index contributed by atoms with van der Waals surface area (Å²) in [6.07, 6.45) is -5.08. The number of anilines is 2. The average molecular weight is 444 g/mol. The van der Waals surface area contributed by atoms with E-state index in [9.17, 15) is 13.2 Å². The molecule has 0 bridgehead atoms. The van der Waals surface area contributed by atoms with Crippen molar-refractivity contribution >= 4 is 51.4 Å². The monoisotopic (exact) mass is 443 g/mol. The van der Waals surface area contributed by atoms with Crippen molar-refractivity contribution in [1.82, 2.24) is 15.3 Å². The molecule has 1 aromatic carbocycles. The Balaban J connectivity index is 0.000000272. The largest absolute Gasteiger partial charge is 0.490 e. The molecule has 2 aromatic heterocycles. The van der Waals surface area contributed by atoms with Gasteiger partial charge in [-0.2, -0.15) is 18.2 Å². The van der Waals surface area contributed by atoms with E-state index in [-0.39, 0.29) is 5.95 Å². The number of benzene rings is 1. The Kier molecular flexibility index (Phi) is 5.10. The minimum Gasteiger partial charge on any atom is -0.475 e. The lowest BCUT2D eigenvalue weighted by molar-refractivity contribution is -0.192. The van der Waals surface area contributed by atoms with Crippen LogP contribution >= 0.6 is 11.6 Å². The van der Waals surface area contributed by atoms with Crippen molar-refractivity contribution in [2.75, 3.05) is 36.8 Å². The topological polar surface area (TPSA) is 118 Å². The van der Waals surface area contributed by atoms with Crippen molar-refractivity contribution in [3.63, 3.8) is 0 Å². The Morgan fingerprint density at radius 3 is 2.50 bits per heavy atom. The number of aromatic nitrogens is 2. The molecule has 2 unspecified atom stereocenters. The van der Waals surface area contributed by atoms with Crippen molar-refractivity contribution in [3.05, 3.63) is 23.2 Å². The number of aliphatic carboxylic acids is 1. The van der Waals surface area contributed by atoms with Crippen molar-refractivity contribution in [1.29, 1.82) is 0 Å². The Bertz CT molecular complexity index is 1110. The molecule has 2 aliphatic heterocycles. The predicted molar refractivity (Wildman–Crippen MR) is 104 cm³/mol. The number of nitrogens with one attached hydrogen (secondary N) is 1. The zero-order chi connectivity index (χ0) is 21.6. The summed E-state index contributed by atoms with van der Waals surface area (Å²) in [5, 5.41) is 12.1. The number of nitrogen functional groups attached to an aromatic ring is 1. The molecular formula is C18H17ClF3N5O3. The van der Waals surface area contributed by atoms with Crippen molar-refractivity contribution in [3.8, 4) is 0 Å². The van der Waals surface area contributed by atoms with E-state index in [0.29, 0.717) is 22.4 Å². The Hall–Kier alpha value is -2.79. The predicted octanol–water partition coefficient (Wildman–Crippen LogP) is 2.90. The molecule has 12 heteroatoms. The number of fused-ring (bicyclic) bond motifs is 4. The lowest BCUT2D eigenvalue weighted by Crippen LogP contribution is -2.26. The highest BCUT2D eigenvalue weighted by Gasteiger charge is 2.39. The number of alkyl halides is 3. The molecular weight excluding hydrogens is 427 g/mol. The Morgan fingerprint density at radius 2 is 1.90 bits per heavy atom. The normalized spacial score (nSPS) is 21.0. The van der Waals surface area contributed by atoms with E-state index in [4.69, 9.17) is 31.7 Å². The van der Waals surface area contributed by atoms with Crippen LogP contribution in [0, 0.1) is 11.8 Å². The summed E-state index contributed by atoms with van der Waals surface area (Å²) in [5.74, 6) is -0.354. The van der Waals surface area contributed by atoms with Gasteiger partial charge in [0.05, 0.1) is 0 Å². The summed E-state index contributed by atoms with van der Waals surface area (Å²) in [6.45, 7) is 4.09. The lowest BCUT2D eigenvalue weighted by Gasteiger charge is -2.18.